The molecule has 1 aromatic carbocycles. The number of fused-ring (bicyclic) bond motifs is 1. The first-order valence-corrected chi connectivity index (χ1v) is 8.94. The maximum Gasteiger partial charge on any atom is 0.325 e. The van der Waals surface area contributed by atoms with Crippen LogP contribution in [-0.4, -0.2) is 53.9 Å². The zero-order chi connectivity index (χ0) is 19.4. The van der Waals surface area contributed by atoms with Gasteiger partial charge in [-0.25, -0.2) is 4.39 Å². The molecule has 1 fully saturated rings. The molecule has 1 aliphatic rings. The van der Waals surface area contributed by atoms with Crippen molar-refractivity contribution in [3.63, 3.8) is 0 Å². The van der Waals surface area contributed by atoms with Gasteiger partial charge in [-0.2, -0.15) is 0 Å². The summed E-state index contributed by atoms with van der Waals surface area (Å²) in [5.74, 6) is -1.71. The van der Waals surface area contributed by atoms with E-state index in [1.165, 1.54) is 12.1 Å². The number of H-pyrrole nitrogens is 1. The molecular weight excluding hydrogens is 353 g/mol. The number of carbonyl (C=O) groups is 3. The number of rotatable bonds is 7. The van der Waals surface area contributed by atoms with Crippen molar-refractivity contribution in [3.05, 3.63) is 35.8 Å². The van der Waals surface area contributed by atoms with Crippen LogP contribution in [0, 0.1) is 11.7 Å². The molecule has 0 bridgehead atoms. The molecule has 1 saturated heterocycles. The van der Waals surface area contributed by atoms with Gasteiger partial charge in [-0.05, 0) is 37.1 Å². The molecule has 8 heteroatoms. The molecule has 0 unspecified atom stereocenters. The van der Waals surface area contributed by atoms with Crippen LogP contribution in [0.3, 0.4) is 0 Å². The fraction of sp³-hybridized carbons (Fsp3) is 0.421. The lowest BCUT2D eigenvalue weighted by Crippen LogP contribution is -2.36. The Morgan fingerprint density at radius 3 is 3.00 bits per heavy atom. The van der Waals surface area contributed by atoms with E-state index < -0.39 is 11.9 Å². The molecule has 0 radical (unpaired) electrons. The fourth-order valence-corrected chi connectivity index (χ4v) is 3.29. The van der Waals surface area contributed by atoms with E-state index in [-0.39, 0.29) is 37.2 Å². The van der Waals surface area contributed by atoms with Gasteiger partial charge in [0, 0.05) is 36.6 Å². The second kappa shape index (κ2) is 8.20. The topological polar surface area (TPSA) is 91.5 Å². The zero-order valence-corrected chi connectivity index (χ0v) is 15.1. The SMILES string of the molecule is CCOC(=O)CNC(=O)[C@H]1CC(=O)N(CCc2c[nH]c3ccc(F)cc23)C1. The number of aromatic amines is 1. The minimum atomic E-state index is -0.501. The lowest BCUT2D eigenvalue weighted by Gasteiger charge is -2.16. The van der Waals surface area contributed by atoms with E-state index in [0.717, 1.165) is 16.5 Å². The molecule has 2 N–H and O–H groups in total. The van der Waals surface area contributed by atoms with Crippen molar-refractivity contribution in [1.82, 2.24) is 15.2 Å². The van der Waals surface area contributed by atoms with Crippen LogP contribution in [-0.2, 0) is 25.5 Å². The van der Waals surface area contributed by atoms with Gasteiger partial charge in [0.05, 0.1) is 12.5 Å². The van der Waals surface area contributed by atoms with Gasteiger partial charge in [0.25, 0.3) is 0 Å². The number of nitrogens with zero attached hydrogens (tertiary/aromatic N) is 1. The summed E-state index contributed by atoms with van der Waals surface area (Å²) in [6.45, 7) is 2.50. The Balaban J connectivity index is 1.54. The normalized spacial score (nSPS) is 16.7. The largest absolute Gasteiger partial charge is 0.465 e. The van der Waals surface area contributed by atoms with Crippen LogP contribution in [0.25, 0.3) is 10.9 Å². The van der Waals surface area contributed by atoms with Gasteiger partial charge in [0.1, 0.15) is 12.4 Å². The van der Waals surface area contributed by atoms with E-state index in [9.17, 15) is 18.8 Å². The number of aromatic nitrogens is 1. The van der Waals surface area contributed by atoms with Gasteiger partial charge in [0.15, 0.2) is 0 Å². The maximum atomic E-state index is 13.5. The summed E-state index contributed by atoms with van der Waals surface area (Å²) in [7, 11) is 0. The zero-order valence-electron chi connectivity index (χ0n) is 15.1. The van der Waals surface area contributed by atoms with Crippen LogP contribution in [0.5, 0.6) is 0 Å². The number of hydrogen-bond acceptors (Lipinski definition) is 4. The molecule has 1 aromatic heterocycles. The predicted octanol–water partition coefficient (Wildman–Crippen LogP) is 1.38. The molecule has 2 amide bonds. The summed E-state index contributed by atoms with van der Waals surface area (Å²) in [4.78, 5) is 40.4. The highest BCUT2D eigenvalue weighted by atomic mass is 19.1. The number of halogens is 1. The lowest BCUT2D eigenvalue weighted by molar-refractivity contribution is -0.143. The van der Waals surface area contributed by atoms with Gasteiger partial charge >= 0.3 is 5.97 Å². The molecule has 3 rings (SSSR count). The second-order valence-electron chi connectivity index (χ2n) is 6.52. The molecule has 144 valence electrons. The third kappa shape index (κ3) is 4.45. The van der Waals surface area contributed by atoms with Crippen molar-refractivity contribution in [3.8, 4) is 0 Å². The number of amides is 2. The van der Waals surface area contributed by atoms with Crippen LogP contribution >= 0.6 is 0 Å². The van der Waals surface area contributed by atoms with Crippen LogP contribution in [0.4, 0.5) is 4.39 Å². The molecule has 1 aliphatic heterocycles. The van der Waals surface area contributed by atoms with E-state index in [2.05, 4.69) is 10.3 Å². The third-order valence-corrected chi connectivity index (χ3v) is 4.68. The summed E-state index contributed by atoms with van der Waals surface area (Å²) in [5, 5.41) is 3.31. The Hall–Kier alpha value is -2.90. The van der Waals surface area contributed by atoms with E-state index in [1.54, 1.807) is 17.9 Å². The number of nitrogens with one attached hydrogen (secondary N) is 2. The minimum absolute atomic E-state index is 0.0997. The van der Waals surface area contributed by atoms with Crippen LogP contribution in [0.15, 0.2) is 24.4 Å². The summed E-state index contributed by atoms with van der Waals surface area (Å²) < 4.78 is 18.2. The van der Waals surface area contributed by atoms with Gasteiger partial charge in [0.2, 0.25) is 11.8 Å². The van der Waals surface area contributed by atoms with Crippen LogP contribution in [0.1, 0.15) is 18.9 Å². The van der Waals surface area contributed by atoms with Crippen molar-refractivity contribution in [2.45, 2.75) is 19.8 Å². The Bertz CT molecular complexity index is 864. The maximum absolute atomic E-state index is 13.5. The quantitative estimate of drug-likeness (QED) is 0.715. The molecule has 2 heterocycles. The Morgan fingerprint density at radius 1 is 1.41 bits per heavy atom. The van der Waals surface area contributed by atoms with E-state index in [4.69, 9.17) is 4.74 Å². The number of ether oxygens (including phenoxy) is 1. The highest BCUT2D eigenvalue weighted by Crippen LogP contribution is 2.22. The average Bonchev–Trinajstić information content (AvgIpc) is 3.21. The molecule has 27 heavy (non-hydrogen) atoms. The summed E-state index contributed by atoms with van der Waals surface area (Å²) in [5.41, 5.74) is 1.77. The summed E-state index contributed by atoms with van der Waals surface area (Å²) in [6.07, 6.45) is 2.50. The lowest BCUT2D eigenvalue weighted by atomic mass is 10.1. The van der Waals surface area contributed by atoms with Gasteiger partial charge in [-0.1, -0.05) is 0 Å². The molecular formula is C19H22FN3O4. The smallest absolute Gasteiger partial charge is 0.325 e. The minimum Gasteiger partial charge on any atom is -0.465 e. The van der Waals surface area contributed by atoms with Crippen molar-refractivity contribution in [2.75, 3.05) is 26.2 Å². The summed E-state index contributed by atoms with van der Waals surface area (Å²) in [6, 6.07) is 4.55. The van der Waals surface area contributed by atoms with Crippen molar-refractivity contribution < 1.29 is 23.5 Å². The van der Waals surface area contributed by atoms with E-state index in [1.807, 2.05) is 6.20 Å². The van der Waals surface area contributed by atoms with Gasteiger partial charge < -0.3 is 19.9 Å². The predicted molar refractivity (Wildman–Crippen MR) is 96.3 cm³/mol. The molecule has 0 spiro atoms. The third-order valence-electron chi connectivity index (χ3n) is 4.68. The monoisotopic (exact) mass is 375 g/mol. The molecule has 0 saturated carbocycles. The standard InChI is InChI=1S/C19H22FN3O4/c1-2-27-18(25)10-22-19(26)13-7-17(24)23(11-13)6-5-12-9-21-16-4-3-14(20)8-15(12)16/h3-4,8-9,13,21H,2,5-7,10-11H2,1H3,(H,22,26)/t13-/m0/s1. The number of likely N-dealkylation sites (tertiary alicyclic amines) is 1. The van der Waals surface area contributed by atoms with E-state index >= 15 is 0 Å². The first-order chi connectivity index (χ1) is 13.0. The Morgan fingerprint density at radius 2 is 2.22 bits per heavy atom. The highest BCUT2D eigenvalue weighted by Gasteiger charge is 2.34. The molecule has 7 nitrogen and oxygen atoms in total. The second-order valence-corrected chi connectivity index (χ2v) is 6.52. The van der Waals surface area contributed by atoms with Crippen molar-refractivity contribution in [1.29, 1.82) is 0 Å². The number of hydrogen-bond donors (Lipinski definition) is 2. The van der Waals surface area contributed by atoms with Gasteiger partial charge in [-0.15, -0.1) is 0 Å². The van der Waals surface area contributed by atoms with Crippen molar-refractivity contribution in [2.24, 2.45) is 5.92 Å². The average molecular weight is 375 g/mol. The molecule has 2 aromatic rings. The molecule has 0 aliphatic carbocycles. The fourth-order valence-electron chi connectivity index (χ4n) is 3.29. The number of esters is 1. The number of carbonyl (C=O) groups excluding carboxylic acids is 3. The molecule has 1 atom stereocenters. The Labute approximate surface area is 155 Å². The van der Waals surface area contributed by atoms with Gasteiger partial charge in [-0.3, -0.25) is 14.4 Å². The number of benzene rings is 1. The van der Waals surface area contributed by atoms with Crippen LogP contribution < -0.4 is 5.32 Å². The van der Waals surface area contributed by atoms with E-state index in [0.29, 0.717) is 19.5 Å². The Kier molecular flexibility index (Phi) is 5.73. The highest BCUT2D eigenvalue weighted by molar-refractivity contribution is 5.90. The van der Waals surface area contributed by atoms with Crippen LogP contribution in [0.2, 0.25) is 0 Å². The first-order valence-electron chi connectivity index (χ1n) is 8.94. The van der Waals surface area contributed by atoms with Crippen molar-refractivity contribution >= 4 is 28.7 Å². The summed E-state index contributed by atoms with van der Waals surface area (Å²) >= 11 is 0. The first kappa shape index (κ1) is 18.9.